The van der Waals surface area contributed by atoms with Crippen molar-refractivity contribution in [1.82, 2.24) is 10.2 Å². The molecule has 1 fully saturated rings. The van der Waals surface area contributed by atoms with Gasteiger partial charge in [0.2, 0.25) is 15.9 Å². The van der Waals surface area contributed by atoms with E-state index in [0.29, 0.717) is 6.54 Å². The maximum absolute atomic E-state index is 11.6. The molecule has 1 atom stereocenters. The van der Waals surface area contributed by atoms with Gasteiger partial charge in [0.15, 0.2) is 0 Å². The van der Waals surface area contributed by atoms with E-state index in [2.05, 4.69) is 5.32 Å². The van der Waals surface area contributed by atoms with Gasteiger partial charge in [-0.15, -0.1) is 0 Å². The summed E-state index contributed by atoms with van der Waals surface area (Å²) in [6, 6.07) is -0.157. The largest absolute Gasteiger partial charge is 0.340 e. The fourth-order valence-electron chi connectivity index (χ4n) is 1.63. The first kappa shape index (κ1) is 12.4. The highest BCUT2D eigenvalue weighted by Gasteiger charge is 2.30. The Morgan fingerprint density at radius 1 is 1.60 bits per heavy atom. The summed E-state index contributed by atoms with van der Waals surface area (Å²) in [6.45, 7) is 3.46. The topological polar surface area (TPSA) is 92.5 Å². The molecule has 0 aromatic carbocycles. The predicted molar refractivity (Wildman–Crippen MR) is 56.6 cm³/mol. The molecule has 0 radical (unpaired) electrons. The van der Waals surface area contributed by atoms with Crippen LogP contribution in [-0.2, 0) is 14.8 Å². The Bertz CT molecular complexity index is 328. The maximum atomic E-state index is 11.6. The van der Waals surface area contributed by atoms with Crippen LogP contribution in [0.25, 0.3) is 0 Å². The monoisotopic (exact) mass is 235 g/mol. The maximum Gasteiger partial charge on any atom is 0.239 e. The molecular formula is C8H17N3O3S. The smallest absolute Gasteiger partial charge is 0.239 e. The SMILES string of the molecule is CCNC1CCN(CCS(N)(=O)=O)C1=O. The van der Waals surface area contributed by atoms with Crippen LogP contribution in [0, 0.1) is 0 Å². The van der Waals surface area contributed by atoms with Crippen LogP contribution in [0.1, 0.15) is 13.3 Å². The number of primary sulfonamides is 1. The summed E-state index contributed by atoms with van der Waals surface area (Å²) >= 11 is 0. The van der Waals surface area contributed by atoms with Crippen molar-refractivity contribution >= 4 is 15.9 Å². The number of likely N-dealkylation sites (tertiary alicyclic amines) is 1. The minimum Gasteiger partial charge on any atom is -0.340 e. The third-order valence-electron chi connectivity index (χ3n) is 2.39. The van der Waals surface area contributed by atoms with Gasteiger partial charge in [0, 0.05) is 13.1 Å². The second-order valence-electron chi connectivity index (χ2n) is 3.59. The number of carbonyl (C=O) groups excluding carboxylic acids is 1. The molecule has 0 aromatic heterocycles. The van der Waals surface area contributed by atoms with Crippen LogP contribution in [-0.4, -0.2) is 50.7 Å². The van der Waals surface area contributed by atoms with Gasteiger partial charge in [-0.1, -0.05) is 6.92 Å². The van der Waals surface area contributed by atoms with Crippen LogP contribution in [0.15, 0.2) is 0 Å². The lowest BCUT2D eigenvalue weighted by Gasteiger charge is -2.15. The molecule has 6 nitrogen and oxygen atoms in total. The number of amides is 1. The molecule has 7 heteroatoms. The van der Waals surface area contributed by atoms with Gasteiger partial charge in [0.25, 0.3) is 0 Å². The Labute approximate surface area is 89.9 Å². The number of hydrogen-bond acceptors (Lipinski definition) is 4. The standard InChI is InChI=1S/C8H17N3O3S/c1-2-10-7-3-4-11(8(7)12)5-6-15(9,13)14/h7,10H,2-6H2,1H3,(H2,9,13,14). The van der Waals surface area contributed by atoms with Gasteiger partial charge in [0.1, 0.15) is 0 Å². The van der Waals surface area contributed by atoms with Crippen LogP contribution < -0.4 is 10.5 Å². The highest BCUT2D eigenvalue weighted by Crippen LogP contribution is 2.10. The summed E-state index contributed by atoms with van der Waals surface area (Å²) in [7, 11) is -3.48. The molecule has 0 aliphatic carbocycles. The molecule has 0 aromatic rings. The quantitative estimate of drug-likeness (QED) is 0.605. The first-order valence-electron chi connectivity index (χ1n) is 4.96. The third-order valence-corrected chi connectivity index (χ3v) is 3.15. The van der Waals surface area contributed by atoms with Gasteiger partial charge < -0.3 is 10.2 Å². The second-order valence-corrected chi connectivity index (χ2v) is 5.33. The van der Waals surface area contributed by atoms with Crippen molar-refractivity contribution in [2.45, 2.75) is 19.4 Å². The van der Waals surface area contributed by atoms with E-state index in [1.54, 1.807) is 0 Å². The van der Waals surface area contributed by atoms with Crippen molar-refractivity contribution in [2.75, 3.05) is 25.4 Å². The average molecular weight is 235 g/mol. The van der Waals surface area contributed by atoms with E-state index < -0.39 is 10.0 Å². The Morgan fingerprint density at radius 3 is 2.80 bits per heavy atom. The number of nitrogens with zero attached hydrogens (tertiary/aromatic N) is 1. The van der Waals surface area contributed by atoms with Gasteiger partial charge >= 0.3 is 0 Å². The zero-order valence-electron chi connectivity index (χ0n) is 8.77. The van der Waals surface area contributed by atoms with E-state index in [0.717, 1.165) is 13.0 Å². The van der Waals surface area contributed by atoms with E-state index in [4.69, 9.17) is 5.14 Å². The lowest BCUT2D eigenvalue weighted by Crippen LogP contribution is -2.40. The van der Waals surface area contributed by atoms with E-state index >= 15 is 0 Å². The Kier molecular flexibility index (Phi) is 4.06. The molecule has 1 unspecified atom stereocenters. The molecule has 88 valence electrons. The number of rotatable bonds is 5. The number of carbonyl (C=O) groups is 1. The lowest BCUT2D eigenvalue weighted by atomic mass is 10.2. The second kappa shape index (κ2) is 4.91. The zero-order valence-corrected chi connectivity index (χ0v) is 9.59. The van der Waals surface area contributed by atoms with Gasteiger partial charge in [-0.05, 0) is 13.0 Å². The van der Waals surface area contributed by atoms with Crippen LogP contribution >= 0.6 is 0 Å². The van der Waals surface area contributed by atoms with Gasteiger partial charge in [-0.2, -0.15) is 0 Å². The van der Waals surface area contributed by atoms with Crippen LogP contribution in [0.4, 0.5) is 0 Å². The zero-order chi connectivity index (χ0) is 11.5. The van der Waals surface area contributed by atoms with E-state index in [-0.39, 0.29) is 24.2 Å². The summed E-state index contributed by atoms with van der Waals surface area (Å²) in [4.78, 5) is 13.2. The number of likely N-dealkylation sites (N-methyl/N-ethyl adjacent to an activating group) is 1. The number of hydrogen-bond donors (Lipinski definition) is 2. The van der Waals surface area contributed by atoms with Crippen molar-refractivity contribution < 1.29 is 13.2 Å². The average Bonchev–Trinajstić information content (AvgIpc) is 2.45. The normalized spacial score (nSPS) is 22.4. The van der Waals surface area contributed by atoms with Crippen molar-refractivity contribution in [3.05, 3.63) is 0 Å². The molecule has 15 heavy (non-hydrogen) atoms. The van der Waals surface area contributed by atoms with E-state index in [1.165, 1.54) is 4.90 Å². The number of nitrogens with two attached hydrogens (primary N) is 1. The number of nitrogens with one attached hydrogen (secondary N) is 1. The molecule has 1 rings (SSSR count). The van der Waals surface area contributed by atoms with E-state index in [9.17, 15) is 13.2 Å². The Balaban J connectivity index is 2.43. The molecule has 1 amide bonds. The molecule has 0 spiro atoms. The lowest BCUT2D eigenvalue weighted by molar-refractivity contribution is -0.129. The van der Waals surface area contributed by atoms with Crippen molar-refractivity contribution in [2.24, 2.45) is 5.14 Å². The third kappa shape index (κ3) is 3.77. The molecule has 0 saturated carbocycles. The fourth-order valence-corrected chi connectivity index (χ4v) is 2.11. The van der Waals surface area contributed by atoms with Crippen LogP contribution in [0.5, 0.6) is 0 Å². The fraction of sp³-hybridized carbons (Fsp3) is 0.875. The molecule has 3 N–H and O–H groups in total. The van der Waals surface area contributed by atoms with Gasteiger partial charge in [-0.25, -0.2) is 13.6 Å². The van der Waals surface area contributed by atoms with Crippen molar-refractivity contribution in [1.29, 1.82) is 0 Å². The number of sulfonamides is 1. The minimum atomic E-state index is -3.48. The molecule has 0 bridgehead atoms. The van der Waals surface area contributed by atoms with Gasteiger partial charge in [0.05, 0.1) is 11.8 Å². The van der Waals surface area contributed by atoms with Crippen LogP contribution in [0.2, 0.25) is 0 Å². The van der Waals surface area contributed by atoms with Crippen LogP contribution in [0.3, 0.4) is 0 Å². The van der Waals surface area contributed by atoms with Gasteiger partial charge in [-0.3, -0.25) is 4.79 Å². The summed E-state index contributed by atoms with van der Waals surface area (Å²) in [5, 5.41) is 7.92. The summed E-state index contributed by atoms with van der Waals surface area (Å²) in [5.41, 5.74) is 0. The highest BCUT2D eigenvalue weighted by molar-refractivity contribution is 7.89. The molecular weight excluding hydrogens is 218 g/mol. The minimum absolute atomic E-state index is 0.0273. The summed E-state index contributed by atoms with van der Waals surface area (Å²) in [5.74, 6) is -0.196. The molecule has 1 heterocycles. The Morgan fingerprint density at radius 2 is 2.27 bits per heavy atom. The highest BCUT2D eigenvalue weighted by atomic mass is 32.2. The van der Waals surface area contributed by atoms with Crippen molar-refractivity contribution in [3.63, 3.8) is 0 Å². The first-order valence-corrected chi connectivity index (χ1v) is 6.68. The first-order chi connectivity index (χ1) is 6.94. The molecule has 1 aliphatic rings. The molecule has 1 saturated heterocycles. The van der Waals surface area contributed by atoms with Crippen molar-refractivity contribution in [3.8, 4) is 0 Å². The Hall–Kier alpha value is -0.660. The summed E-state index contributed by atoms with van der Waals surface area (Å²) in [6.07, 6.45) is 0.733. The van der Waals surface area contributed by atoms with E-state index in [1.807, 2.05) is 6.92 Å². The predicted octanol–water partition coefficient (Wildman–Crippen LogP) is -1.51. The summed E-state index contributed by atoms with van der Waals surface area (Å²) < 4.78 is 21.5. The molecule has 1 aliphatic heterocycles.